The van der Waals surface area contributed by atoms with Crippen LogP contribution >= 0.6 is 0 Å². The Morgan fingerprint density at radius 3 is 2.40 bits per heavy atom. The Morgan fingerprint density at radius 1 is 0.971 bits per heavy atom. The third-order valence-electron chi connectivity index (χ3n) is 6.52. The van der Waals surface area contributed by atoms with Gasteiger partial charge in [-0.25, -0.2) is 0 Å². The molecule has 0 radical (unpaired) electrons. The number of aryl methyl sites for hydroxylation is 1. The smallest absolute Gasteiger partial charge is 0.416 e. The van der Waals surface area contributed by atoms with Gasteiger partial charge in [0.2, 0.25) is 0 Å². The van der Waals surface area contributed by atoms with Gasteiger partial charge in [0.1, 0.15) is 5.75 Å². The molecule has 0 spiro atoms. The molecule has 1 saturated heterocycles. The summed E-state index contributed by atoms with van der Waals surface area (Å²) in [7, 11) is 1.64. The number of halogens is 3. The van der Waals surface area contributed by atoms with Gasteiger partial charge in [0.25, 0.3) is 0 Å². The number of alkyl halides is 3. The summed E-state index contributed by atoms with van der Waals surface area (Å²) < 4.78 is 44.3. The van der Waals surface area contributed by atoms with Crippen molar-refractivity contribution in [3.63, 3.8) is 0 Å². The van der Waals surface area contributed by atoms with Crippen LogP contribution in [-0.4, -0.2) is 49.7 Å². The van der Waals surface area contributed by atoms with Gasteiger partial charge in [-0.15, -0.1) is 0 Å². The molecule has 1 aliphatic rings. The molecule has 0 bridgehead atoms. The molecule has 2 heterocycles. The second-order valence-corrected chi connectivity index (χ2v) is 8.78. The van der Waals surface area contributed by atoms with Crippen LogP contribution < -0.4 is 15.4 Å². The lowest BCUT2D eigenvalue weighted by Gasteiger charge is -2.36. The van der Waals surface area contributed by atoms with Crippen LogP contribution in [0.2, 0.25) is 0 Å². The maximum absolute atomic E-state index is 13.0. The van der Waals surface area contributed by atoms with Crippen molar-refractivity contribution in [2.75, 3.05) is 50.5 Å². The zero-order valence-electron chi connectivity index (χ0n) is 19.9. The summed E-state index contributed by atoms with van der Waals surface area (Å²) in [6, 6.07) is 15.4. The first-order chi connectivity index (χ1) is 16.8. The lowest BCUT2D eigenvalue weighted by molar-refractivity contribution is -0.137. The molecule has 1 aromatic heterocycles. The first-order valence-electron chi connectivity index (χ1n) is 11.9. The van der Waals surface area contributed by atoms with E-state index in [1.807, 2.05) is 35.2 Å². The molecule has 5 nitrogen and oxygen atoms in total. The zero-order valence-corrected chi connectivity index (χ0v) is 19.9. The molecule has 35 heavy (non-hydrogen) atoms. The molecule has 1 aliphatic heterocycles. The van der Waals surface area contributed by atoms with Crippen LogP contribution in [0.25, 0.3) is 11.1 Å². The van der Waals surface area contributed by atoms with Crippen molar-refractivity contribution < 1.29 is 17.9 Å². The van der Waals surface area contributed by atoms with Crippen molar-refractivity contribution >= 4 is 11.4 Å². The number of pyridine rings is 1. The van der Waals surface area contributed by atoms with Gasteiger partial charge in [-0.1, -0.05) is 18.2 Å². The highest BCUT2D eigenvalue weighted by Crippen LogP contribution is 2.32. The maximum Gasteiger partial charge on any atom is 0.416 e. The van der Waals surface area contributed by atoms with E-state index in [9.17, 15) is 13.2 Å². The molecule has 2 aromatic carbocycles. The van der Waals surface area contributed by atoms with E-state index in [1.54, 1.807) is 19.4 Å². The molecule has 0 atom stereocenters. The minimum absolute atomic E-state index is 0.596. The van der Waals surface area contributed by atoms with Crippen molar-refractivity contribution in [2.24, 2.45) is 0 Å². The standard InChI is InChI=1S/C27H31F3N4O/c1-35-23-10-8-20(9-11-23)24-12-13-32-25(26(24)31)7-2-3-14-33-15-17-34(18-16-33)22-6-4-5-21(19-22)27(28,29)30/h4-6,8-13,19H,2-3,7,14-18,31H2,1H3. The number of unbranched alkanes of at least 4 members (excludes halogenated alkanes) is 1. The van der Waals surface area contributed by atoms with E-state index in [2.05, 4.69) is 9.88 Å². The van der Waals surface area contributed by atoms with Crippen molar-refractivity contribution in [1.82, 2.24) is 9.88 Å². The summed E-state index contributed by atoms with van der Waals surface area (Å²) in [5.41, 5.74) is 10.1. The first-order valence-corrected chi connectivity index (χ1v) is 11.9. The van der Waals surface area contributed by atoms with Crippen LogP contribution in [0, 0.1) is 0 Å². The summed E-state index contributed by atoms with van der Waals surface area (Å²) in [6.07, 6.45) is 0.275. The number of anilines is 2. The first kappa shape index (κ1) is 24.9. The second kappa shape index (κ2) is 11.0. The Labute approximate surface area is 204 Å². The van der Waals surface area contributed by atoms with Crippen LogP contribution in [0.5, 0.6) is 5.75 Å². The average molecular weight is 485 g/mol. The normalized spacial score (nSPS) is 14.8. The Hall–Kier alpha value is -3.26. The number of nitrogens with zero attached hydrogens (tertiary/aromatic N) is 3. The Kier molecular flexibility index (Phi) is 7.80. The van der Waals surface area contributed by atoms with Gasteiger partial charge < -0.3 is 15.4 Å². The number of benzene rings is 2. The SMILES string of the molecule is COc1ccc(-c2ccnc(CCCCN3CCN(c4cccc(C(F)(F)F)c4)CC3)c2N)cc1. The van der Waals surface area contributed by atoms with Crippen LogP contribution in [0.3, 0.4) is 0 Å². The molecule has 0 unspecified atom stereocenters. The number of rotatable bonds is 8. The highest BCUT2D eigenvalue weighted by atomic mass is 19.4. The van der Waals surface area contributed by atoms with E-state index < -0.39 is 11.7 Å². The summed E-state index contributed by atoms with van der Waals surface area (Å²) in [4.78, 5) is 8.90. The number of methoxy groups -OCH3 is 1. The van der Waals surface area contributed by atoms with E-state index in [0.717, 1.165) is 80.6 Å². The van der Waals surface area contributed by atoms with Crippen molar-refractivity contribution in [3.05, 3.63) is 72.1 Å². The van der Waals surface area contributed by atoms with Gasteiger partial charge in [0.15, 0.2) is 0 Å². The number of hydrogen-bond donors (Lipinski definition) is 1. The molecule has 186 valence electrons. The molecule has 0 saturated carbocycles. The van der Waals surface area contributed by atoms with Crippen molar-refractivity contribution in [1.29, 1.82) is 0 Å². The maximum atomic E-state index is 13.0. The van der Waals surface area contributed by atoms with Gasteiger partial charge in [0, 0.05) is 43.6 Å². The lowest BCUT2D eigenvalue weighted by atomic mass is 10.0. The molecule has 4 rings (SSSR count). The third-order valence-corrected chi connectivity index (χ3v) is 6.52. The van der Waals surface area contributed by atoms with Crippen LogP contribution in [0.4, 0.5) is 24.5 Å². The Balaban J connectivity index is 1.25. The van der Waals surface area contributed by atoms with Crippen LogP contribution in [0.15, 0.2) is 60.8 Å². The highest BCUT2D eigenvalue weighted by molar-refractivity contribution is 5.77. The molecular weight excluding hydrogens is 453 g/mol. The largest absolute Gasteiger partial charge is 0.497 e. The summed E-state index contributed by atoms with van der Waals surface area (Å²) in [6.45, 7) is 4.07. The molecule has 1 fully saturated rings. The summed E-state index contributed by atoms with van der Waals surface area (Å²) in [5, 5.41) is 0. The minimum Gasteiger partial charge on any atom is -0.497 e. The molecule has 2 N–H and O–H groups in total. The van der Waals surface area contributed by atoms with Gasteiger partial charge in [-0.3, -0.25) is 9.88 Å². The lowest BCUT2D eigenvalue weighted by Crippen LogP contribution is -2.46. The van der Waals surface area contributed by atoms with E-state index in [4.69, 9.17) is 10.5 Å². The number of aromatic nitrogens is 1. The third kappa shape index (κ3) is 6.25. The van der Waals surface area contributed by atoms with Gasteiger partial charge in [-0.05, 0) is 67.8 Å². The molecule has 8 heteroatoms. The quantitative estimate of drug-likeness (QED) is 0.428. The number of piperazine rings is 1. The fourth-order valence-corrected chi connectivity index (χ4v) is 4.47. The topological polar surface area (TPSA) is 54.6 Å². The molecule has 3 aromatic rings. The fourth-order valence-electron chi connectivity index (χ4n) is 4.47. The van der Waals surface area contributed by atoms with E-state index in [1.165, 1.54) is 12.1 Å². The van der Waals surface area contributed by atoms with E-state index >= 15 is 0 Å². The average Bonchev–Trinajstić information content (AvgIpc) is 2.87. The van der Waals surface area contributed by atoms with Crippen molar-refractivity contribution in [2.45, 2.75) is 25.4 Å². The predicted octanol–water partition coefficient (Wildman–Crippen LogP) is 5.50. The van der Waals surface area contributed by atoms with E-state index in [-0.39, 0.29) is 0 Å². The minimum atomic E-state index is -4.32. The van der Waals surface area contributed by atoms with Gasteiger partial charge >= 0.3 is 6.18 Å². The second-order valence-electron chi connectivity index (χ2n) is 8.78. The Morgan fingerprint density at radius 2 is 1.71 bits per heavy atom. The zero-order chi connectivity index (χ0) is 24.8. The summed E-state index contributed by atoms with van der Waals surface area (Å²) in [5.74, 6) is 0.803. The summed E-state index contributed by atoms with van der Waals surface area (Å²) >= 11 is 0. The number of nitrogens with two attached hydrogens (primary N) is 1. The number of nitrogen functional groups attached to an aromatic ring is 1. The van der Waals surface area contributed by atoms with Gasteiger partial charge in [-0.2, -0.15) is 13.2 Å². The molecule has 0 aliphatic carbocycles. The highest BCUT2D eigenvalue weighted by Gasteiger charge is 2.31. The predicted molar refractivity (Wildman–Crippen MR) is 134 cm³/mol. The van der Waals surface area contributed by atoms with Crippen LogP contribution in [0.1, 0.15) is 24.1 Å². The monoisotopic (exact) mass is 484 g/mol. The van der Waals surface area contributed by atoms with Crippen molar-refractivity contribution in [3.8, 4) is 16.9 Å². The number of ether oxygens (including phenoxy) is 1. The number of hydrogen-bond acceptors (Lipinski definition) is 5. The van der Waals surface area contributed by atoms with E-state index in [0.29, 0.717) is 11.4 Å². The fraction of sp³-hybridized carbons (Fsp3) is 0.370. The molecule has 0 amide bonds. The Bertz CT molecular complexity index is 1110. The van der Waals surface area contributed by atoms with Gasteiger partial charge in [0.05, 0.1) is 24.1 Å². The molecular formula is C27H31F3N4O. The van der Waals surface area contributed by atoms with Crippen LogP contribution in [-0.2, 0) is 12.6 Å².